The highest BCUT2D eigenvalue weighted by Gasteiger charge is 2.21. The Hall–Kier alpha value is -2.86. The molecule has 0 amide bonds. The fraction of sp³-hybridized carbons (Fsp3) is 0.273. The summed E-state index contributed by atoms with van der Waals surface area (Å²) in [5.41, 5.74) is 0.954. The predicted molar refractivity (Wildman–Crippen MR) is 119 cm³/mol. The third-order valence-corrected chi connectivity index (χ3v) is 5.35. The number of nitrogens with one attached hydrogen (secondary N) is 2. The lowest BCUT2D eigenvalue weighted by Crippen LogP contribution is -2.46. The van der Waals surface area contributed by atoms with Crippen molar-refractivity contribution in [3.8, 4) is 5.75 Å². The molecule has 28 heavy (non-hydrogen) atoms. The average Bonchev–Trinajstić information content (AvgIpc) is 2.74. The fourth-order valence-electron chi connectivity index (χ4n) is 3.62. The number of pyridine rings is 1. The number of ether oxygens (including phenoxy) is 1. The summed E-state index contributed by atoms with van der Waals surface area (Å²) in [7, 11) is 1.66. The van der Waals surface area contributed by atoms with Gasteiger partial charge >= 0.3 is 0 Å². The first kappa shape index (κ1) is 18.5. The van der Waals surface area contributed by atoms with Gasteiger partial charge in [-0.15, -0.1) is 0 Å². The van der Waals surface area contributed by atoms with E-state index in [1.165, 1.54) is 10.8 Å². The van der Waals surface area contributed by atoms with Crippen molar-refractivity contribution >= 4 is 39.6 Å². The number of benzene rings is 2. The Balaban J connectivity index is 1.33. The maximum absolute atomic E-state index is 5.48. The first-order valence-electron chi connectivity index (χ1n) is 9.53. The highest BCUT2D eigenvalue weighted by Crippen LogP contribution is 2.26. The lowest BCUT2D eigenvalue weighted by molar-refractivity contribution is 0.415. The van der Waals surface area contributed by atoms with Gasteiger partial charge in [-0.2, -0.15) is 0 Å². The van der Waals surface area contributed by atoms with E-state index in [0.29, 0.717) is 11.2 Å². The van der Waals surface area contributed by atoms with Gasteiger partial charge in [0.15, 0.2) is 5.11 Å². The second kappa shape index (κ2) is 8.44. The molecule has 3 aromatic rings. The molecule has 1 saturated heterocycles. The van der Waals surface area contributed by atoms with Gasteiger partial charge in [0.1, 0.15) is 11.6 Å². The molecule has 0 aliphatic carbocycles. The molecular formula is C22H24N4OS. The van der Waals surface area contributed by atoms with E-state index in [1.54, 1.807) is 7.11 Å². The highest BCUT2D eigenvalue weighted by molar-refractivity contribution is 7.80. The third-order valence-electron chi connectivity index (χ3n) is 5.13. The molecule has 144 valence electrons. The first-order valence-corrected chi connectivity index (χ1v) is 9.94. The molecule has 2 heterocycles. The number of nitrogens with zero attached hydrogens (tertiary/aromatic N) is 2. The molecule has 2 aromatic carbocycles. The molecule has 0 radical (unpaired) electrons. The number of anilines is 2. The summed E-state index contributed by atoms with van der Waals surface area (Å²) < 4.78 is 5.18. The summed E-state index contributed by atoms with van der Waals surface area (Å²) in [5.74, 6) is 1.91. The maximum atomic E-state index is 5.48. The van der Waals surface area contributed by atoms with Crippen LogP contribution in [0.25, 0.3) is 10.8 Å². The molecule has 1 aromatic heterocycles. The second-order valence-electron chi connectivity index (χ2n) is 6.94. The molecule has 1 fully saturated rings. The van der Waals surface area contributed by atoms with Gasteiger partial charge in [0.05, 0.1) is 7.11 Å². The fourth-order valence-corrected chi connectivity index (χ4v) is 3.90. The van der Waals surface area contributed by atoms with Crippen molar-refractivity contribution in [2.45, 2.75) is 18.9 Å². The van der Waals surface area contributed by atoms with Crippen LogP contribution in [-0.4, -0.2) is 36.3 Å². The Labute approximate surface area is 170 Å². The van der Waals surface area contributed by atoms with Crippen LogP contribution in [0.3, 0.4) is 0 Å². The van der Waals surface area contributed by atoms with Gasteiger partial charge in [-0.05, 0) is 60.8 Å². The van der Waals surface area contributed by atoms with E-state index in [9.17, 15) is 0 Å². The predicted octanol–water partition coefficient (Wildman–Crippen LogP) is 4.20. The van der Waals surface area contributed by atoms with E-state index in [4.69, 9.17) is 17.0 Å². The molecule has 0 bridgehead atoms. The van der Waals surface area contributed by atoms with Gasteiger partial charge in [-0.3, -0.25) is 0 Å². The quantitative estimate of drug-likeness (QED) is 0.649. The van der Waals surface area contributed by atoms with Crippen molar-refractivity contribution in [3.63, 3.8) is 0 Å². The van der Waals surface area contributed by atoms with E-state index in [2.05, 4.69) is 50.8 Å². The molecule has 0 spiro atoms. The molecule has 0 saturated carbocycles. The molecule has 6 heteroatoms. The van der Waals surface area contributed by atoms with Gasteiger partial charge < -0.3 is 20.3 Å². The van der Waals surface area contributed by atoms with Crippen LogP contribution in [0, 0.1) is 0 Å². The molecule has 0 unspecified atom stereocenters. The Morgan fingerprint density at radius 3 is 2.57 bits per heavy atom. The molecule has 1 aliphatic rings. The van der Waals surface area contributed by atoms with Crippen LogP contribution in [0.2, 0.25) is 0 Å². The molecular weight excluding hydrogens is 368 g/mol. The van der Waals surface area contributed by atoms with E-state index in [0.717, 1.165) is 43.2 Å². The topological polar surface area (TPSA) is 49.4 Å². The lowest BCUT2D eigenvalue weighted by atomic mass is 10.0. The monoisotopic (exact) mass is 392 g/mol. The third kappa shape index (κ3) is 4.17. The standard InChI is InChI=1S/C22H24N4OS/c1-27-19-8-6-17(7-9-19)24-22(28)25-18-11-14-26(15-12-18)21-20-5-3-2-4-16(20)10-13-23-21/h2-10,13,18H,11-12,14-15H2,1H3,(H2,24,25,28). The SMILES string of the molecule is COc1ccc(NC(=S)NC2CCN(c3nccc4ccccc34)CC2)cc1. The summed E-state index contributed by atoms with van der Waals surface area (Å²) in [6, 6.07) is 18.6. The van der Waals surface area contributed by atoms with Crippen LogP contribution >= 0.6 is 12.2 Å². The number of rotatable bonds is 4. The highest BCUT2D eigenvalue weighted by atomic mass is 32.1. The van der Waals surface area contributed by atoms with Crippen LogP contribution < -0.4 is 20.3 Å². The van der Waals surface area contributed by atoms with Crippen molar-refractivity contribution in [1.29, 1.82) is 0 Å². The normalized spacial score (nSPS) is 14.7. The maximum Gasteiger partial charge on any atom is 0.170 e. The van der Waals surface area contributed by atoms with Gasteiger partial charge in [-0.25, -0.2) is 4.98 Å². The van der Waals surface area contributed by atoms with E-state index in [1.807, 2.05) is 30.5 Å². The zero-order valence-electron chi connectivity index (χ0n) is 15.9. The minimum atomic E-state index is 0.365. The summed E-state index contributed by atoms with van der Waals surface area (Å²) in [4.78, 5) is 7.02. The van der Waals surface area contributed by atoms with E-state index in [-0.39, 0.29) is 0 Å². The molecule has 4 rings (SSSR count). The number of piperidine rings is 1. The van der Waals surface area contributed by atoms with Gasteiger partial charge in [0.2, 0.25) is 0 Å². The van der Waals surface area contributed by atoms with Gasteiger partial charge in [0.25, 0.3) is 0 Å². The summed E-state index contributed by atoms with van der Waals surface area (Å²) in [6.07, 6.45) is 3.95. The van der Waals surface area contributed by atoms with Crippen molar-refractivity contribution in [1.82, 2.24) is 10.3 Å². The van der Waals surface area contributed by atoms with Crippen LogP contribution in [0.1, 0.15) is 12.8 Å². The smallest absolute Gasteiger partial charge is 0.170 e. The van der Waals surface area contributed by atoms with Crippen LogP contribution in [0.4, 0.5) is 11.5 Å². The number of aromatic nitrogens is 1. The summed E-state index contributed by atoms with van der Waals surface area (Å²) in [6.45, 7) is 1.92. The zero-order valence-corrected chi connectivity index (χ0v) is 16.7. The molecule has 5 nitrogen and oxygen atoms in total. The van der Waals surface area contributed by atoms with Gasteiger partial charge in [-0.1, -0.05) is 24.3 Å². The Morgan fingerprint density at radius 2 is 1.82 bits per heavy atom. The minimum Gasteiger partial charge on any atom is -0.497 e. The van der Waals surface area contributed by atoms with E-state index >= 15 is 0 Å². The van der Waals surface area contributed by atoms with Crippen LogP contribution in [0.15, 0.2) is 60.8 Å². The zero-order chi connectivity index (χ0) is 19.3. The molecule has 0 atom stereocenters. The van der Waals surface area contributed by atoms with Crippen molar-refractivity contribution in [2.24, 2.45) is 0 Å². The summed E-state index contributed by atoms with van der Waals surface area (Å²) >= 11 is 5.48. The Bertz CT molecular complexity index is 947. The van der Waals surface area contributed by atoms with Crippen LogP contribution in [0.5, 0.6) is 5.75 Å². The van der Waals surface area contributed by atoms with Crippen molar-refractivity contribution in [2.75, 3.05) is 30.4 Å². The second-order valence-corrected chi connectivity index (χ2v) is 7.35. The number of thiocarbonyl (C=S) groups is 1. The number of fused-ring (bicyclic) bond motifs is 1. The minimum absolute atomic E-state index is 0.365. The lowest BCUT2D eigenvalue weighted by Gasteiger charge is -2.34. The Kier molecular flexibility index (Phi) is 5.58. The van der Waals surface area contributed by atoms with Crippen molar-refractivity contribution < 1.29 is 4.74 Å². The number of methoxy groups -OCH3 is 1. The molecule has 1 aliphatic heterocycles. The van der Waals surface area contributed by atoms with E-state index < -0.39 is 0 Å². The Morgan fingerprint density at radius 1 is 1.07 bits per heavy atom. The number of hydrogen-bond acceptors (Lipinski definition) is 4. The van der Waals surface area contributed by atoms with Crippen molar-refractivity contribution in [3.05, 3.63) is 60.8 Å². The number of hydrogen-bond donors (Lipinski definition) is 2. The average molecular weight is 393 g/mol. The largest absolute Gasteiger partial charge is 0.497 e. The van der Waals surface area contributed by atoms with Crippen LogP contribution in [-0.2, 0) is 0 Å². The van der Waals surface area contributed by atoms with Gasteiger partial charge in [0, 0.05) is 36.4 Å². The molecule has 2 N–H and O–H groups in total. The first-order chi connectivity index (χ1) is 13.7. The summed E-state index contributed by atoms with van der Waals surface area (Å²) in [5, 5.41) is 9.80.